The molecule has 5 nitrogen and oxygen atoms in total. The molecule has 5 heteroatoms. The Balaban J connectivity index is 1.91. The molecule has 0 radical (unpaired) electrons. The van der Waals surface area contributed by atoms with Gasteiger partial charge in [-0.3, -0.25) is 4.68 Å². The van der Waals surface area contributed by atoms with Gasteiger partial charge in [0, 0.05) is 12.4 Å². The second kappa shape index (κ2) is 4.10. The molecule has 0 fully saturated rings. The van der Waals surface area contributed by atoms with E-state index in [9.17, 15) is 4.79 Å². The molecule has 3 rings (SSSR count). The average molecular weight is 242 g/mol. The van der Waals surface area contributed by atoms with Crippen LogP contribution in [-0.2, 0) is 0 Å². The van der Waals surface area contributed by atoms with Crippen LogP contribution in [0.4, 0.5) is 0 Å². The van der Waals surface area contributed by atoms with Crippen molar-refractivity contribution in [3.63, 3.8) is 0 Å². The van der Waals surface area contributed by atoms with Gasteiger partial charge in [0.1, 0.15) is 0 Å². The van der Waals surface area contributed by atoms with Gasteiger partial charge in [-0.25, -0.2) is 4.79 Å². The molecule has 1 atom stereocenters. The Labute approximate surface area is 103 Å². The van der Waals surface area contributed by atoms with E-state index in [1.54, 1.807) is 0 Å². The minimum absolute atomic E-state index is 0.153. The third kappa shape index (κ3) is 1.90. The minimum atomic E-state index is -0.173. The van der Waals surface area contributed by atoms with E-state index in [2.05, 4.69) is 22.3 Å². The lowest BCUT2D eigenvalue weighted by molar-refractivity contribution is 0.729. The van der Waals surface area contributed by atoms with E-state index in [-0.39, 0.29) is 11.7 Å². The molecule has 2 aromatic heterocycles. The third-order valence-electron chi connectivity index (χ3n) is 2.99. The molecule has 1 unspecified atom stereocenters. The van der Waals surface area contributed by atoms with Crippen molar-refractivity contribution >= 4 is 11.0 Å². The van der Waals surface area contributed by atoms with E-state index in [1.807, 2.05) is 47.4 Å². The smallest absolute Gasteiger partial charge is 0.319 e. The predicted octanol–water partition coefficient (Wildman–Crippen LogP) is 1.96. The zero-order valence-electron chi connectivity index (χ0n) is 9.97. The summed E-state index contributed by atoms with van der Waals surface area (Å²) in [6, 6.07) is 9.98. The van der Waals surface area contributed by atoms with Crippen LogP contribution in [0.15, 0.2) is 47.5 Å². The first-order valence-electron chi connectivity index (χ1n) is 5.84. The van der Waals surface area contributed by atoms with Crippen molar-refractivity contribution in [1.29, 1.82) is 0 Å². The molecule has 2 heterocycles. The number of benzene rings is 1. The summed E-state index contributed by atoms with van der Waals surface area (Å²) in [6.45, 7) is 2.08. The molecule has 0 saturated carbocycles. The van der Waals surface area contributed by atoms with Crippen molar-refractivity contribution in [1.82, 2.24) is 14.6 Å². The SMILES string of the molecule is CC(Nn1cccc1)c1ccc2[nH]c(=O)[nH]c2c1. The van der Waals surface area contributed by atoms with Crippen LogP contribution in [0.25, 0.3) is 11.0 Å². The molecule has 3 aromatic rings. The maximum atomic E-state index is 11.2. The molecule has 0 aliphatic carbocycles. The molecule has 0 aliphatic rings. The summed E-state index contributed by atoms with van der Waals surface area (Å²) in [7, 11) is 0. The predicted molar refractivity (Wildman–Crippen MR) is 71.1 cm³/mol. The molecule has 0 amide bonds. The van der Waals surface area contributed by atoms with Crippen molar-refractivity contribution in [3.05, 3.63) is 58.8 Å². The van der Waals surface area contributed by atoms with Gasteiger partial charge < -0.3 is 15.4 Å². The minimum Gasteiger partial charge on any atom is -0.319 e. The highest BCUT2D eigenvalue weighted by Gasteiger charge is 2.06. The molecule has 18 heavy (non-hydrogen) atoms. The van der Waals surface area contributed by atoms with Crippen LogP contribution >= 0.6 is 0 Å². The van der Waals surface area contributed by atoms with Gasteiger partial charge in [-0.2, -0.15) is 0 Å². The number of H-pyrrole nitrogens is 2. The Morgan fingerprint density at radius 2 is 1.89 bits per heavy atom. The zero-order valence-corrected chi connectivity index (χ0v) is 9.97. The first-order chi connectivity index (χ1) is 8.72. The Kier molecular flexibility index (Phi) is 2.44. The van der Waals surface area contributed by atoms with Crippen molar-refractivity contribution in [3.8, 4) is 0 Å². The summed E-state index contributed by atoms with van der Waals surface area (Å²) in [5.74, 6) is 0. The molecule has 3 N–H and O–H groups in total. The van der Waals surface area contributed by atoms with Crippen molar-refractivity contribution < 1.29 is 0 Å². The van der Waals surface area contributed by atoms with Gasteiger partial charge in [0.25, 0.3) is 0 Å². The normalized spacial score (nSPS) is 12.7. The first kappa shape index (κ1) is 10.7. The second-order valence-corrected chi connectivity index (χ2v) is 4.33. The monoisotopic (exact) mass is 242 g/mol. The van der Waals surface area contributed by atoms with Crippen LogP contribution in [0, 0.1) is 0 Å². The standard InChI is InChI=1S/C13H14N4O/c1-9(16-17-6-2-3-7-17)10-4-5-11-12(8-10)15-13(18)14-11/h2-9,16H,1H3,(H2,14,15,18). The maximum Gasteiger partial charge on any atom is 0.323 e. The lowest BCUT2D eigenvalue weighted by Gasteiger charge is -2.16. The second-order valence-electron chi connectivity index (χ2n) is 4.33. The van der Waals surface area contributed by atoms with Gasteiger partial charge in [-0.1, -0.05) is 6.07 Å². The summed E-state index contributed by atoms with van der Waals surface area (Å²) in [4.78, 5) is 16.7. The Hall–Kier alpha value is -2.43. The van der Waals surface area contributed by atoms with Crippen molar-refractivity contribution in [2.75, 3.05) is 5.43 Å². The fraction of sp³-hybridized carbons (Fsp3) is 0.154. The molecule has 0 aliphatic heterocycles. The van der Waals surface area contributed by atoms with E-state index in [0.717, 1.165) is 16.6 Å². The van der Waals surface area contributed by atoms with Gasteiger partial charge in [-0.15, -0.1) is 0 Å². The maximum absolute atomic E-state index is 11.2. The van der Waals surface area contributed by atoms with Gasteiger partial charge in [-0.05, 0) is 36.8 Å². The van der Waals surface area contributed by atoms with E-state index < -0.39 is 0 Å². The van der Waals surface area contributed by atoms with Gasteiger partial charge >= 0.3 is 5.69 Å². The summed E-state index contributed by atoms with van der Waals surface area (Å²) < 4.78 is 1.91. The lowest BCUT2D eigenvalue weighted by Crippen LogP contribution is -2.16. The summed E-state index contributed by atoms with van der Waals surface area (Å²) in [5.41, 5.74) is 5.93. The van der Waals surface area contributed by atoms with Crippen LogP contribution in [0.5, 0.6) is 0 Å². The molecule has 0 saturated heterocycles. The van der Waals surface area contributed by atoms with Crippen LogP contribution in [-0.4, -0.2) is 14.6 Å². The van der Waals surface area contributed by atoms with Crippen molar-refractivity contribution in [2.45, 2.75) is 13.0 Å². The number of nitrogens with one attached hydrogen (secondary N) is 3. The number of hydrogen-bond donors (Lipinski definition) is 3. The quantitative estimate of drug-likeness (QED) is 0.657. The number of hydrogen-bond acceptors (Lipinski definition) is 2. The Morgan fingerprint density at radius 1 is 1.17 bits per heavy atom. The number of aromatic amines is 2. The lowest BCUT2D eigenvalue weighted by atomic mass is 10.1. The molecule has 0 spiro atoms. The van der Waals surface area contributed by atoms with Crippen LogP contribution in [0.1, 0.15) is 18.5 Å². The van der Waals surface area contributed by atoms with Gasteiger partial charge in [0.2, 0.25) is 0 Å². The zero-order chi connectivity index (χ0) is 12.5. The van der Waals surface area contributed by atoms with Gasteiger partial charge in [0.05, 0.1) is 17.1 Å². The first-order valence-corrected chi connectivity index (χ1v) is 5.84. The fourth-order valence-corrected chi connectivity index (χ4v) is 2.04. The third-order valence-corrected chi connectivity index (χ3v) is 2.99. The highest BCUT2D eigenvalue weighted by atomic mass is 16.1. The Morgan fingerprint density at radius 3 is 2.67 bits per heavy atom. The van der Waals surface area contributed by atoms with Crippen LogP contribution < -0.4 is 11.1 Å². The largest absolute Gasteiger partial charge is 0.323 e. The highest BCUT2D eigenvalue weighted by molar-refractivity contribution is 5.75. The van der Waals surface area contributed by atoms with Crippen LogP contribution in [0.3, 0.4) is 0 Å². The molecular formula is C13H14N4O. The summed E-state index contributed by atoms with van der Waals surface area (Å²) in [6.07, 6.45) is 3.90. The average Bonchev–Trinajstić information content (AvgIpc) is 2.95. The van der Waals surface area contributed by atoms with E-state index in [0.29, 0.717) is 0 Å². The summed E-state index contributed by atoms with van der Waals surface area (Å²) >= 11 is 0. The van der Waals surface area contributed by atoms with E-state index >= 15 is 0 Å². The number of nitrogens with zero attached hydrogens (tertiary/aromatic N) is 1. The van der Waals surface area contributed by atoms with E-state index in [1.165, 1.54) is 0 Å². The Bertz CT molecular complexity index is 708. The number of imidazole rings is 1. The fourth-order valence-electron chi connectivity index (χ4n) is 2.04. The number of fused-ring (bicyclic) bond motifs is 1. The van der Waals surface area contributed by atoms with Gasteiger partial charge in [0.15, 0.2) is 0 Å². The molecular weight excluding hydrogens is 228 g/mol. The number of aromatic nitrogens is 3. The van der Waals surface area contributed by atoms with E-state index in [4.69, 9.17) is 0 Å². The molecule has 92 valence electrons. The number of rotatable bonds is 3. The topological polar surface area (TPSA) is 65.6 Å². The summed E-state index contributed by atoms with van der Waals surface area (Å²) in [5, 5.41) is 0. The van der Waals surface area contributed by atoms with Crippen LogP contribution in [0.2, 0.25) is 0 Å². The highest BCUT2D eigenvalue weighted by Crippen LogP contribution is 2.17. The molecule has 0 bridgehead atoms. The van der Waals surface area contributed by atoms with Crippen molar-refractivity contribution in [2.24, 2.45) is 0 Å². The molecule has 1 aromatic carbocycles.